The molecule has 1 aliphatic carbocycles. The first-order valence-corrected chi connectivity index (χ1v) is 8.00. The molecule has 0 radical (unpaired) electrons. The Balaban J connectivity index is 1.51. The summed E-state index contributed by atoms with van der Waals surface area (Å²) in [5.74, 6) is 0. The molecule has 6 heteroatoms. The average Bonchev–Trinajstić information content (AvgIpc) is 3.23. The largest absolute Gasteiger partial charge is 0.451 e. The van der Waals surface area contributed by atoms with Crippen LogP contribution in [0.5, 0.6) is 0 Å². The summed E-state index contributed by atoms with van der Waals surface area (Å²) in [6.07, 6.45) is 8.53. The predicted molar refractivity (Wildman–Crippen MR) is 80.5 cm³/mol. The average molecular weight is 300 g/mol. The van der Waals surface area contributed by atoms with Crippen molar-refractivity contribution in [3.05, 3.63) is 46.0 Å². The van der Waals surface area contributed by atoms with Gasteiger partial charge in [-0.2, -0.15) is 5.10 Å². The van der Waals surface area contributed by atoms with Crippen molar-refractivity contribution in [1.29, 1.82) is 0 Å². The molecule has 1 saturated heterocycles. The van der Waals surface area contributed by atoms with Gasteiger partial charge in [0.25, 0.3) is 5.56 Å². The fourth-order valence-corrected chi connectivity index (χ4v) is 3.60. The smallest absolute Gasteiger partial charge is 0.267 e. The van der Waals surface area contributed by atoms with Gasteiger partial charge >= 0.3 is 0 Å². The zero-order valence-corrected chi connectivity index (χ0v) is 12.6. The van der Waals surface area contributed by atoms with Crippen LogP contribution in [0, 0.1) is 0 Å². The molecule has 2 aromatic rings. The molecule has 1 aliphatic heterocycles. The van der Waals surface area contributed by atoms with Crippen molar-refractivity contribution >= 4 is 0 Å². The van der Waals surface area contributed by atoms with E-state index in [1.165, 1.54) is 6.39 Å². The van der Waals surface area contributed by atoms with E-state index in [4.69, 9.17) is 4.42 Å². The number of fused-ring (bicyclic) bond motifs is 1. The maximum absolute atomic E-state index is 12.2. The maximum atomic E-state index is 12.2. The van der Waals surface area contributed by atoms with E-state index < -0.39 is 0 Å². The van der Waals surface area contributed by atoms with Gasteiger partial charge in [-0.25, -0.2) is 9.67 Å². The standard InChI is InChI=1S/C16H20N4O2/c21-16-7-12-3-1-5-15(12)18-20(16)9-14-4-2-6-19(14)8-13-10-22-11-17-13/h7,10-11,14H,1-6,8-9H2. The summed E-state index contributed by atoms with van der Waals surface area (Å²) in [4.78, 5) is 18.8. The van der Waals surface area contributed by atoms with E-state index in [0.717, 1.165) is 62.1 Å². The van der Waals surface area contributed by atoms with E-state index in [2.05, 4.69) is 15.0 Å². The molecular formula is C16H20N4O2. The number of hydrogen-bond donors (Lipinski definition) is 0. The fraction of sp³-hybridized carbons (Fsp3) is 0.562. The second kappa shape index (κ2) is 5.68. The third-order valence-corrected chi connectivity index (χ3v) is 4.76. The number of aryl methyl sites for hydroxylation is 2. The van der Waals surface area contributed by atoms with Crippen LogP contribution < -0.4 is 5.56 Å². The molecule has 2 aromatic heterocycles. The van der Waals surface area contributed by atoms with E-state index >= 15 is 0 Å². The van der Waals surface area contributed by atoms with Gasteiger partial charge in [-0.3, -0.25) is 9.69 Å². The zero-order chi connectivity index (χ0) is 14.9. The maximum Gasteiger partial charge on any atom is 0.267 e. The Labute approximate surface area is 128 Å². The van der Waals surface area contributed by atoms with E-state index in [0.29, 0.717) is 12.6 Å². The predicted octanol–water partition coefficient (Wildman–Crippen LogP) is 1.38. The summed E-state index contributed by atoms with van der Waals surface area (Å²) in [6, 6.07) is 2.13. The number of likely N-dealkylation sites (tertiary alicyclic amines) is 1. The van der Waals surface area contributed by atoms with Crippen LogP contribution in [0.25, 0.3) is 0 Å². The van der Waals surface area contributed by atoms with Crippen molar-refractivity contribution in [3.8, 4) is 0 Å². The molecule has 6 nitrogen and oxygen atoms in total. The normalized spacial score (nSPS) is 21.4. The van der Waals surface area contributed by atoms with Gasteiger partial charge in [-0.05, 0) is 44.2 Å². The van der Waals surface area contributed by atoms with Crippen LogP contribution >= 0.6 is 0 Å². The Bertz CT molecular complexity index is 707. The van der Waals surface area contributed by atoms with Crippen LogP contribution in [-0.2, 0) is 25.9 Å². The highest BCUT2D eigenvalue weighted by Gasteiger charge is 2.26. The number of oxazole rings is 1. The monoisotopic (exact) mass is 300 g/mol. The van der Waals surface area contributed by atoms with Gasteiger partial charge in [0.2, 0.25) is 0 Å². The third kappa shape index (κ3) is 2.59. The quantitative estimate of drug-likeness (QED) is 0.853. The van der Waals surface area contributed by atoms with Gasteiger partial charge in [0.05, 0.1) is 17.9 Å². The summed E-state index contributed by atoms with van der Waals surface area (Å²) in [5, 5.41) is 4.59. The lowest BCUT2D eigenvalue weighted by molar-refractivity contribution is 0.214. The molecule has 3 heterocycles. The zero-order valence-electron chi connectivity index (χ0n) is 12.6. The Morgan fingerprint density at radius 1 is 1.32 bits per heavy atom. The minimum atomic E-state index is 0.0361. The third-order valence-electron chi connectivity index (χ3n) is 4.76. The highest BCUT2D eigenvalue weighted by atomic mass is 16.3. The molecule has 0 aromatic carbocycles. The Morgan fingerprint density at radius 2 is 2.27 bits per heavy atom. The SMILES string of the molecule is O=c1cc2c(nn1CC1CCCN1Cc1cocn1)CCC2. The highest BCUT2D eigenvalue weighted by Crippen LogP contribution is 2.21. The molecule has 116 valence electrons. The van der Waals surface area contributed by atoms with Crippen molar-refractivity contribution < 1.29 is 4.42 Å². The lowest BCUT2D eigenvalue weighted by atomic mass is 10.2. The highest BCUT2D eigenvalue weighted by molar-refractivity contribution is 5.22. The molecule has 1 atom stereocenters. The number of nitrogens with zero attached hydrogens (tertiary/aromatic N) is 4. The molecule has 0 N–H and O–H groups in total. The fourth-order valence-electron chi connectivity index (χ4n) is 3.60. The molecule has 0 amide bonds. The van der Waals surface area contributed by atoms with Crippen molar-refractivity contribution in [2.45, 2.75) is 51.2 Å². The molecule has 1 unspecified atom stereocenters. The summed E-state index contributed by atoms with van der Waals surface area (Å²) < 4.78 is 6.71. The molecule has 0 spiro atoms. The van der Waals surface area contributed by atoms with Gasteiger partial charge in [-0.1, -0.05) is 0 Å². The van der Waals surface area contributed by atoms with Crippen LogP contribution in [-0.4, -0.2) is 32.3 Å². The lowest BCUT2D eigenvalue weighted by Gasteiger charge is -2.23. The van der Waals surface area contributed by atoms with Crippen LogP contribution in [0.15, 0.2) is 27.9 Å². The Kier molecular flexibility index (Phi) is 3.54. The van der Waals surface area contributed by atoms with Gasteiger partial charge < -0.3 is 4.42 Å². The van der Waals surface area contributed by atoms with Crippen molar-refractivity contribution in [2.24, 2.45) is 0 Å². The molecule has 2 aliphatic rings. The van der Waals surface area contributed by atoms with Gasteiger partial charge in [0.1, 0.15) is 6.26 Å². The topological polar surface area (TPSA) is 64.2 Å². The molecule has 4 rings (SSSR count). The Morgan fingerprint density at radius 3 is 3.14 bits per heavy atom. The van der Waals surface area contributed by atoms with E-state index in [1.54, 1.807) is 17.0 Å². The minimum Gasteiger partial charge on any atom is -0.451 e. The lowest BCUT2D eigenvalue weighted by Crippen LogP contribution is -2.37. The van der Waals surface area contributed by atoms with Gasteiger partial charge in [-0.15, -0.1) is 0 Å². The first-order chi connectivity index (χ1) is 10.8. The molecule has 0 bridgehead atoms. The summed E-state index contributed by atoms with van der Waals surface area (Å²) in [5.41, 5.74) is 3.24. The van der Waals surface area contributed by atoms with E-state index in [9.17, 15) is 4.79 Å². The second-order valence-corrected chi connectivity index (χ2v) is 6.24. The Hall–Kier alpha value is -1.95. The molecular weight excluding hydrogens is 280 g/mol. The summed E-state index contributed by atoms with van der Waals surface area (Å²) >= 11 is 0. The van der Waals surface area contributed by atoms with Crippen molar-refractivity contribution in [2.75, 3.05) is 6.54 Å². The van der Waals surface area contributed by atoms with Gasteiger partial charge in [0, 0.05) is 18.7 Å². The van der Waals surface area contributed by atoms with Crippen LogP contribution in [0.3, 0.4) is 0 Å². The van der Waals surface area contributed by atoms with E-state index in [-0.39, 0.29) is 5.56 Å². The van der Waals surface area contributed by atoms with Crippen molar-refractivity contribution in [1.82, 2.24) is 19.7 Å². The van der Waals surface area contributed by atoms with Crippen LogP contribution in [0.1, 0.15) is 36.2 Å². The first-order valence-electron chi connectivity index (χ1n) is 8.00. The summed E-state index contributed by atoms with van der Waals surface area (Å²) in [6.45, 7) is 2.49. The molecule has 22 heavy (non-hydrogen) atoms. The molecule has 1 fully saturated rings. The van der Waals surface area contributed by atoms with Crippen LogP contribution in [0.4, 0.5) is 0 Å². The molecule has 0 saturated carbocycles. The number of hydrogen-bond acceptors (Lipinski definition) is 5. The van der Waals surface area contributed by atoms with Crippen LogP contribution in [0.2, 0.25) is 0 Å². The van der Waals surface area contributed by atoms with Crippen molar-refractivity contribution in [3.63, 3.8) is 0 Å². The first kappa shape index (κ1) is 13.7. The van der Waals surface area contributed by atoms with E-state index in [1.807, 2.05) is 0 Å². The minimum absolute atomic E-state index is 0.0361. The second-order valence-electron chi connectivity index (χ2n) is 6.24. The number of rotatable bonds is 4. The van der Waals surface area contributed by atoms with Gasteiger partial charge in [0.15, 0.2) is 6.39 Å². The summed E-state index contributed by atoms with van der Waals surface area (Å²) in [7, 11) is 0. The number of aromatic nitrogens is 3.